The molecule has 0 aliphatic heterocycles. The lowest BCUT2D eigenvalue weighted by Gasteiger charge is -2.42. The van der Waals surface area contributed by atoms with Crippen molar-refractivity contribution >= 4 is 11.9 Å². The third-order valence-electron chi connectivity index (χ3n) is 6.83. The highest BCUT2D eigenvalue weighted by Gasteiger charge is 2.89. The second-order valence-corrected chi connectivity index (χ2v) is 11.0. The molecule has 270 valence electrons. The molecular weight excluding hydrogens is 660 g/mol. The second-order valence-electron chi connectivity index (χ2n) is 11.0. The van der Waals surface area contributed by atoms with Crippen LogP contribution in [-0.4, -0.2) is 84.1 Å². The Balaban J connectivity index is 6.23. The fourth-order valence-electron chi connectivity index (χ4n) is 3.85. The van der Waals surface area contributed by atoms with Gasteiger partial charge in [0.15, 0.2) is 0 Å². The Morgan fingerprint density at radius 3 is 1.52 bits per heavy atom. The van der Waals surface area contributed by atoms with E-state index in [-0.39, 0.29) is 18.4 Å². The van der Waals surface area contributed by atoms with Gasteiger partial charge in [-0.2, -0.15) is 52.7 Å². The molecule has 0 saturated heterocycles. The number of hydrogen-bond acceptors (Lipinski definition) is 6. The highest BCUT2D eigenvalue weighted by molar-refractivity contribution is 5.88. The van der Waals surface area contributed by atoms with Crippen LogP contribution in [0.4, 0.5) is 52.7 Å². The van der Waals surface area contributed by atoms with Crippen molar-refractivity contribution in [2.24, 2.45) is 11.8 Å². The molecule has 0 aliphatic rings. The molecule has 1 atom stereocenters. The molecule has 0 saturated carbocycles. The van der Waals surface area contributed by atoms with Gasteiger partial charge in [0.1, 0.15) is 0 Å². The quantitative estimate of drug-likeness (QED) is 0.0501. The van der Waals surface area contributed by atoms with Gasteiger partial charge >= 0.3 is 47.5 Å². The van der Waals surface area contributed by atoms with Crippen molar-refractivity contribution in [2.75, 3.05) is 26.4 Å². The molecule has 0 aromatic carbocycles. The monoisotopic (exact) mass is 698 g/mol. The van der Waals surface area contributed by atoms with Crippen LogP contribution in [0, 0.1) is 11.8 Å². The molecule has 0 heterocycles. The number of aliphatic hydroxyl groups is 2. The SMILES string of the molecule is C=C(C)C(=O)OCC(COC(=O)C(=C)CC(CO)CO)CC(F)(F)C(F)(F)C(F)(F)C(F)(F)C(F)(F)C(F)(F)CCCCCCC. The maximum absolute atomic E-state index is 14.7. The summed E-state index contributed by atoms with van der Waals surface area (Å²) in [7, 11) is 0. The van der Waals surface area contributed by atoms with Gasteiger partial charge in [-0.3, -0.25) is 0 Å². The lowest BCUT2D eigenvalue weighted by Crippen LogP contribution is -2.70. The van der Waals surface area contributed by atoms with Gasteiger partial charge in [0.25, 0.3) is 0 Å². The van der Waals surface area contributed by atoms with E-state index in [4.69, 9.17) is 10.2 Å². The zero-order chi connectivity index (χ0) is 36.4. The smallest absolute Gasteiger partial charge is 0.384 e. The molecule has 18 heteroatoms. The summed E-state index contributed by atoms with van der Waals surface area (Å²) in [5, 5.41) is 18.1. The van der Waals surface area contributed by atoms with E-state index < -0.39 is 117 Å². The Kier molecular flexibility index (Phi) is 16.1. The van der Waals surface area contributed by atoms with Gasteiger partial charge in [0, 0.05) is 49.0 Å². The van der Waals surface area contributed by atoms with Gasteiger partial charge in [-0.05, 0) is 19.8 Å². The zero-order valence-electron chi connectivity index (χ0n) is 25.1. The van der Waals surface area contributed by atoms with Crippen LogP contribution < -0.4 is 0 Å². The fourth-order valence-corrected chi connectivity index (χ4v) is 3.85. The highest BCUT2D eigenvalue weighted by atomic mass is 19.4. The summed E-state index contributed by atoms with van der Waals surface area (Å²) < 4.78 is 182. The minimum Gasteiger partial charge on any atom is -0.462 e. The number of aliphatic hydroxyl groups excluding tert-OH is 2. The van der Waals surface area contributed by atoms with E-state index in [2.05, 4.69) is 22.6 Å². The number of unbranched alkanes of at least 4 members (excludes halogenated alkanes) is 4. The summed E-state index contributed by atoms with van der Waals surface area (Å²) in [5.74, 6) is -48.7. The number of carbonyl (C=O) groups excluding carboxylic acids is 2. The largest absolute Gasteiger partial charge is 0.462 e. The van der Waals surface area contributed by atoms with Gasteiger partial charge in [-0.25, -0.2) is 9.59 Å². The predicted octanol–water partition coefficient (Wildman–Crippen LogP) is 7.37. The average molecular weight is 699 g/mol. The summed E-state index contributed by atoms with van der Waals surface area (Å²) in [5.41, 5.74) is -0.900. The van der Waals surface area contributed by atoms with Crippen LogP contribution >= 0.6 is 0 Å². The van der Waals surface area contributed by atoms with Crippen molar-refractivity contribution in [1.29, 1.82) is 0 Å². The predicted molar refractivity (Wildman–Crippen MR) is 139 cm³/mol. The number of hydrogen-bond donors (Lipinski definition) is 2. The van der Waals surface area contributed by atoms with E-state index in [1.54, 1.807) is 6.92 Å². The Labute approximate surface area is 257 Å². The summed E-state index contributed by atoms with van der Waals surface area (Å²) >= 11 is 0. The van der Waals surface area contributed by atoms with E-state index in [0.29, 0.717) is 12.8 Å². The molecule has 0 fully saturated rings. The number of alkyl halides is 12. The molecule has 46 heavy (non-hydrogen) atoms. The number of halogens is 12. The van der Waals surface area contributed by atoms with E-state index in [9.17, 15) is 62.3 Å². The van der Waals surface area contributed by atoms with Crippen molar-refractivity contribution < 1.29 is 82.0 Å². The summed E-state index contributed by atoms with van der Waals surface area (Å²) in [4.78, 5) is 23.8. The van der Waals surface area contributed by atoms with Crippen LogP contribution in [0.5, 0.6) is 0 Å². The van der Waals surface area contributed by atoms with Crippen molar-refractivity contribution in [2.45, 2.75) is 101 Å². The number of ether oxygens (including phenoxy) is 2. The van der Waals surface area contributed by atoms with Crippen molar-refractivity contribution in [1.82, 2.24) is 0 Å². The van der Waals surface area contributed by atoms with Crippen LogP contribution in [0.2, 0.25) is 0 Å². The fraction of sp³-hybridized carbons (Fsp3) is 0.786. The molecule has 0 spiro atoms. The molecule has 0 bridgehead atoms. The minimum absolute atomic E-state index is 0.174. The molecule has 0 aliphatic carbocycles. The Morgan fingerprint density at radius 1 is 0.652 bits per heavy atom. The van der Waals surface area contributed by atoms with Gasteiger partial charge in [-0.15, -0.1) is 0 Å². The standard InChI is InChI=1S/C28H38F12O6/c1-5-6-7-8-9-10-23(29,30)25(33,34)27(37,38)28(39,40)26(35,36)24(31,32)12-20(15-45-21(43)17(2)3)16-46-22(44)18(4)11-19(13-41)14-42/h19-20,41-42H,2,4-16H2,1,3H3. The van der Waals surface area contributed by atoms with Gasteiger partial charge in [-0.1, -0.05) is 45.8 Å². The van der Waals surface area contributed by atoms with Crippen LogP contribution in [0.3, 0.4) is 0 Å². The average Bonchev–Trinajstić information content (AvgIpc) is 2.95. The van der Waals surface area contributed by atoms with Crippen molar-refractivity contribution in [3.8, 4) is 0 Å². The van der Waals surface area contributed by atoms with Crippen molar-refractivity contribution in [3.63, 3.8) is 0 Å². The van der Waals surface area contributed by atoms with Crippen LogP contribution in [-0.2, 0) is 19.1 Å². The molecule has 0 aromatic heterocycles. The van der Waals surface area contributed by atoms with E-state index in [0.717, 1.165) is 6.92 Å². The zero-order valence-corrected chi connectivity index (χ0v) is 25.1. The number of carbonyl (C=O) groups is 2. The minimum atomic E-state index is -7.79. The first-order valence-corrected chi connectivity index (χ1v) is 14.0. The Hall–Kier alpha value is -2.50. The lowest BCUT2D eigenvalue weighted by atomic mass is 9.87. The molecule has 2 N–H and O–H groups in total. The molecule has 1 unspecified atom stereocenters. The number of esters is 2. The van der Waals surface area contributed by atoms with Gasteiger partial charge in [0.05, 0.1) is 13.2 Å². The second kappa shape index (κ2) is 17.1. The molecular formula is C28H38F12O6. The van der Waals surface area contributed by atoms with E-state index in [1.807, 2.05) is 0 Å². The van der Waals surface area contributed by atoms with E-state index in [1.165, 1.54) is 0 Å². The normalized spacial score (nSPS) is 14.3. The first-order chi connectivity index (χ1) is 20.8. The molecule has 0 amide bonds. The summed E-state index contributed by atoms with van der Waals surface area (Å²) in [6, 6.07) is 0. The van der Waals surface area contributed by atoms with Crippen LogP contribution in [0.1, 0.15) is 65.2 Å². The summed E-state index contributed by atoms with van der Waals surface area (Å²) in [6.07, 6.45) is -5.23. The van der Waals surface area contributed by atoms with E-state index >= 15 is 0 Å². The van der Waals surface area contributed by atoms with Crippen LogP contribution in [0.15, 0.2) is 24.3 Å². The molecule has 6 nitrogen and oxygen atoms in total. The molecule has 0 rings (SSSR count). The van der Waals surface area contributed by atoms with Crippen LogP contribution in [0.25, 0.3) is 0 Å². The highest BCUT2D eigenvalue weighted by Crippen LogP contribution is 2.61. The lowest BCUT2D eigenvalue weighted by molar-refractivity contribution is -0.426. The van der Waals surface area contributed by atoms with Gasteiger partial charge in [0.2, 0.25) is 0 Å². The third kappa shape index (κ3) is 10.2. The van der Waals surface area contributed by atoms with Gasteiger partial charge < -0.3 is 19.7 Å². The summed E-state index contributed by atoms with van der Waals surface area (Å²) in [6.45, 7) is 4.88. The first-order valence-electron chi connectivity index (χ1n) is 14.0. The Morgan fingerprint density at radius 2 is 1.09 bits per heavy atom. The maximum atomic E-state index is 14.7. The third-order valence-corrected chi connectivity index (χ3v) is 6.83. The Bertz CT molecular complexity index is 1030. The number of rotatable bonds is 23. The van der Waals surface area contributed by atoms with Crippen molar-refractivity contribution in [3.05, 3.63) is 24.3 Å². The molecule has 0 aromatic rings. The topological polar surface area (TPSA) is 93.1 Å². The maximum Gasteiger partial charge on any atom is 0.384 e. The first kappa shape index (κ1) is 43.5. The molecule has 0 radical (unpaired) electrons.